The van der Waals surface area contributed by atoms with Crippen LogP contribution in [-0.4, -0.2) is 35.5 Å². The van der Waals surface area contributed by atoms with E-state index in [0.29, 0.717) is 5.13 Å². The molecule has 4 aromatic rings. The number of rotatable bonds is 5. The van der Waals surface area contributed by atoms with Crippen LogP contribution in [0.25, 0.3) is 22.3 Å². The van der Waals surface area contributed by atoms with Crippen LogP contribution in [0.5, 0.6) is 0 Å². The third-order valence-corrected chi connectivity index (χ3v) is 6.08. The predicted molar refractivity (Wildman–Crippen MR) is 109 cm³/mol. The van der Waals surface area contributed by atoms with Crippen molar-refractivity contribution < 1.29 is 13.2 Å². The molecule has 2 N–H and O–H groups in total. The third-order valence-electron chi connectivity index (χ3n) is 4.19. The molecule has 0 saturated heterocycles. The van der Waals surface area contributed by atoms with Gasteiger partial charge in [0.1, 0.15) is 5.65 Å². The lowest BCUT2D eigenvalue weighted by molar-refractivity contribution is -0.115. The van der Waals surface area contributed by atoms with Crippen molar-refractivity contribution >= 4 is 43.2 Å². The number of pyridine rings is 1. The Labute approximate surface area is 165 Å². The predicted octanol–water partition coefficient (Wildman–Crippen LogP) is 3.27. The van der Waals surface area contributed by atoms with E-state index < -0.39 is 9.84 Å². The van der Waals surface area contributed by atoms with E-state index in [1.54, 1.807) is 18.3 Å². The van der Waals surface area contributed by atoms with E-state index in [-0.39, 0.29) is 17.2 Å². The maximum Gasteiger partial charge on any atom is 0.230 e. The van der Waals surface area contributed by atoms with Crippen LogP contribution < -0.4 is 5.32 Å². The van der Waals surface area contributed by atoms with Crippen LogP contribution in [0.4, 0.5) is 5.13 Å². The Morgan fingerprint density at radius 1 is 1.21 bits per heavy atom. The first-order chi connectivity index (χ1) is 13.4. The number of nitrogens with one attached hydrogen (secondary N) is 2. The number of sulfone groups is 1. The highest BCUT2D eigenvalue weighted by Gasteiger charge is 2.13. The molecule has 0 fully saturated rings. The van der Waals surface area contributed by atoms with Crippen molar-refractivity contribution in [2.45, 2.75) is 11.3 Å². The summed E-state index contributed by atoms with van der Waals surface area (Å²) in [5, 5.41) is 6.15. The van der Waals surface area contributed by atoms with E-state index in [4.69, 9.17) is 0 Å². The van der Waals surface area contributed by atoms with Crippen molar-refractivity contribution in [1.29, 1.82) is 0 Å². The number of anilines is 1. The monoisotopic (exact) mass is 412 g/mol. The molecule has 3 heterocycles. The number of nitrogens with zero attached hydrogens (tertiary/aromatic N) is 2. The molecule has 9 heteroatoms. The van der Waals surface area contributed by atoms with Gasteiger partial charge in [-0.2, -0.15) is 0 Å². The van der Waals surface area contributed by atoms with E-state index in [0.717, 1.165) is 34.1 Å². The summed E-state index contributed by atoms with van der Waals surface area (Å²) in [6, 6.07) is 10.1. The average molecular weight is 412 g/mol. The highest BCUT2D eigenvalue weighted by atomic mass is 32.2. The van der Waals surface area contributed by atoms with Gasteiger partial charge in [-0.3, -0.25) is 4.79 Å². The van der Waals surface area contributed by atoms with Crippen molar-refractivity contribution in [2.75, 3.05) is 11.6 Å². The van der Waals surface area contributed by atoms with Crippen LogP contribution in [0.15, 0.2) is 59.1 Å². The summed E-state index contributed by atoms with van der Waals surface area (Å²) in [6.45, 7) is 0. The maximum absolute atomic E-state index is 12.3. The molecule has 1 amide bonds. The van der Waals surface area contributed by atoms with Crippen LogP contribution in [-0.2, 0) is 21.1 Å². The fourth-order valence-electron chi connectivity index (χ4n) is 2.83. The van der Waals surface area contributed by atoms with Crippen molar-refractivity contribution in [3.63, 3.8) is 0 Å². The largest absolute Gasteiger partial charge is 0.345 e. The third kappa shape index (κ3) is 3.80. The molecule has 4 rings (SSSR count). The van der Waals surface area contributed by atoms with E-state index in [1.807, 2.05) is 23.7 Å². The summed E-state index contributed by atoms with van der Waals surface area (Å²) in [5.41, 5.74) is 3.20. The second-order valence-electron chi connectivity index (χ2n) is 6.28. The van der Waals surface area contributed by atoms with Crippen LogP contribution in [0.1, 0.15) is 5.56 Å². The number of hydrogen-bond acceptors (Lipinski definition) is 6. The summed E-state index contributed by atoms with van der Waals surface area (Å²) >= 11 is 1.34. The SMILES string of the molecule is CS(=O)(=O)c1ccc(CC(=O)Nc2nc(-c3c[nH]c4ncccc34)cs2)cc1. The van der Waals surface area contributed by atoms with Gasteiger partial charge >= 0.3 is 0 Å². The van der Waals surface area contributed by atoms with Gasteiger partial charge in [-0.15, -0.1) is 11.3 Å². The van der Waals surface area contributed by atoms with Gasteiger partial charge in [0.15, 0.2) is 15.0 Å². The molecule has 0 aliphatic heterocycles. The second-order valence-corrected chi connectivity index (χ2v) is 9.15. The molecule has 0 spiro atoms. The summed E-state index contributed by atoms with van der Waals surface area (Å²) in [6.07, 6.45) is 4.86. The molecule has 0 unspecified atom stereocenters. The van der Waals surface area contributed by atoms with E-state index in [9.17, 15) is 13.2 Å². The number of aromatic nitrogens is 3. The van der Waals surface area contributed by atoms with Crippen molar-refractivity contribution in [3.05, 3.63) is 59.7 Å². The fraction of sp³-hybridized carbons (Fsp3) is 0.105. The van der Waals surface area contributed by atoms with Crippen molar-refractivity contribution in [3.8, 4) is 11.3 Å². The smallest absolute Gasteiger partial charge is 0.230 e. The Morgan fingerprint density at radius 2 is 2.00 bits per heavy atom. The number of carbonyl (C=O) groups is 1. The molecule has 142 valence electrons. The topological polar surface area (TPSA) is 105 Å². The number of H-pyrrole nitrogens is 1. The lowest BCUT2D eigenvalue weighted by atomic mass is 10.1. The van der Waals surface area contributed by atoms with Crippen LogP contribution >= 0.6 is 11.3 Å². The summed E-state index contributed by atoms with van der Waals surface area (Å²) < 4.78 is 23.0. The van der Waals surface area contributed by atoms with Gasteiger partial charge in [0.05, 0.1) is 17.0 Å². The molecular weight excluding hydrogens is 396 g/mol. The number of thiazole rings is 1. The average Bonchev–Trinajstić information content (AvgIpc) is 3.28. The Hall–Kier alpha value is -3.04. The zero-order chi connectivity index (χ0) is 19.7. The van der Waals surface area contributed by atoms with Gasteiger partial charge in [0.2, 0.25) is 5.91 Å². The zero-order valence-electron chi connectivity index (χ0n) is 14.8. The Balaban J connectivity index is 1.46. The first-order valence-electron chi connectivity index (χ1n) is 8.37. The summed E-state index contributed by atoms with van der Waals surface area (Å²) in [5.74, 6) is -0.214. The first-order valence-corrected chi connectivity index (χ1v) is 11.1. The van der Waals surface area contributed by atoms with Gasteiger partial charge in [0.25, 0.3) is 0 Å². The molecule has 0 radical (unpaired) electrons. The number of amides is 1. The zero-order valence-corrected chi connectivity index (χ0v) is 16.5. The molecule has 1 aromatic carbocycles. The molecule has 7 nitrogen and oxygen atoms in total. The fourth-order valence-corrected chi connectivity index (χ4v) is 4.18. The summed E-state index contributed by atoms with van der Waals surface area (Å²) in [4.78, 5) is 24.4. The van der Waals surface area contributed by atoms with Gasteiger partial charge < -0.3 is 10.3 Å². The van der Waals surface area contributed by atoms with Gasteiger partial charge in [-0.25, -0.2) is 18.4 Å². The summed E-state index contributed by atoms with van der Waals surface area (Å²) in [7, 11) is -3.25. The van der Waals surface area contributed by atoms with E-state index in [1.165, 1.54) is 23.5 Å². The first kappa shape index (κ1) is 18.3. The number of benzene rings is 1. The van der Waals surface area contributed by atoms with Crippen LogP contribution in [0, 0.1) is 0 Å². The van der Waals surface area contributed by atoms with Gasteiger partial charge in [0, 0.05) is 35.0 Å². The lowest BCUT2D eigenvalue weighted by Gasteiger charge is -2.03. The Bertz CT molecular complexity index is 1260. The molecule has 0 atom stereocenters. The minimum absolute atomic E-state index is 0.135. The highest BCUT2D eigenvalue weighted by Crippen LogP contribution is 2.30. The molecule has 28 heavy (non-hydrogen) atoms. The molecular formula is C19H16N4O3S2. The minimum atomic E-state index is -3.25. The standard InChI is InChI=1S/C19H16N4O3S2/c1-28(25,26)13-6-4-12(5-7-13)9-17(24)23-19-22-16(11-27-19)15-10-21-18-14(15)3-2-8-20-18/h2-8,10-11H,9H2,1H3,(H,20,21)(H,22,23,24). The van der Waals surface area contributed by atoms with Crippen LogP contribution in [0.2, 0.25) is 0 Å². The number of aromatic amines is 1. The quantitative estimate of drug-likeness (QED) is 0.523. The molecule has 0 bridgehead atoms. The van der Waals surface area contributed by atoms with Crippen LogP contribution in [0.3, 0.4) is 0 Å². The number of hydrogen-bond donors (Lipinski definition) is 2. The normalized spacial score (nSPS) is 11.6. The highest BCUT2D eigenvalue weighted by molar-refractivity contribution is 7.90. The van der Waals surface area contributed by atoms with Gasteiger partial charge in [-0.05, 0) is 29.8 Å². The minimum Gasteiger partial charge on any atom is -0.345 e. The molecule has 0 saturated carbocycles. The lowest BCUT2D eigenvalue weighted by Crippen LogP contribution is -2.14. The molecule has 3 aromatic heterocycles. The van der Waals surface area contributed by atoms with E-state index in [2.05, 4.69) is 20.3 Å². The van der Waals surface area contributed by atoms with E-state index >= 15 is 0 Å². The molecule has 0 aliphatic carbocycles. The molecule has 0 aliphatic rings. The van der Waals surface area contributed by atoms with Crippen molar-refractivity contribution in [2.24, 2.45) is 0 Å². The van der Waals surface area contributed by atoms with Crippen molar-refractivity contribution in [1.82, 2.24) is 15.0 Å². The second kappa shape index (κ2) is 7.17. The maximum atomic E-state index is 12.3. The number of carbonyl (C=O) groups excluding carboxylic acids is 1. The number of fused-ring (bicyclic) bond motifs is 1. The Kier molecular flexibility index (Phi) is 4.70. The van der Waals surface area contributed by atoms with Gasteiger partial charge in [-0.1, -0.05) is 12.1 Å². The Morgan fingerprint density at radius 3 is 2.75 bits per heavy atom.